The third-order valence-electron chi connectivity index (χ3n) is 10.0. The van der Waals surface area contributed by atoms with E-state index in [2.05, 4.69) is 48.5 Å². The van der Waals surface area contributed by atoms with Crippen molar-refractivity contribution in [1.82, 2.24) is 0 Å². The Balaban J connectivity index is 1.30. The summed E-state index contributed by atoms with van der Waals surface area (Å²) >= 11 is 6.44. The molecule has 0 saturated heterocycles. The molecule has 62 heavy (non-hydrogen) atoms. The highest BCUT2D eigenvalue weighted by molar-refractivity contribution is 8.02. The molecule has 3 nitrogen and oxygen atoms in total. The lowest BCUT2D eigenvalue weighted by Crippen LogP contribution is -2.09. The maximum Gasteiger partial charge on any atom is 0.194 e. The minimum absolute atomic E-state index is 0.0810. The van der Waals surface area contributed by atoms with Gasteiger partial charge in [0.25, 0.3) is 0 Å². The summed E-state index contributed by atoms with van der Waals surface area (Å²) in [6.07, 6.45) is 0. The SMILES string of the molecule is O=C(c1ccccc1)c1ccc(S(=O)c2ccc(C(=O)c3ccccc3)c(SCc3ccccc3)c2SCc2ccccc2)c(SCc2ccccc2)c1SCc1ccccc1. The van der Waals surface area contributed by atoms with Crippen molar-refractivity contribution in [3.63, 3.8) is 0 Å². The summed E-state index contributed by atoms with van der Waals surface area (Å²) in [4.78, 5) is 33.4. The van der Waals surface area contributed by atoms with Crippen LogP contribution in [0.15, 0.2) is 236 Å². The predicted molar refractivity (Wildman–Crippen MR) is 261 cm³/mol. The van der Waals surface area contributed by atoms with Crippen molar-refractivity contribution in [2.24, 2.45) is 0 Å². The molecule has 0 aliphatic heterocycles. The van der Waals surface area contributed by atoms with E-state index >= 15 is 4.21 Å². The van der Waals surface area contributed by atoms with Gasteiger partial charge in [0.15, 0.2) is 11.6 Å². The molecule has 8 heteroatoms. The lowest BCUT2D eigenvalue weighted by molar-refractivity contribution is 0.102. The molecule has 8 aromatic carbocycles. The van der Waals surface area contributed by atoms with E-state index in [0.717, 1.165) is 41.8 Å². The minimum Gasteiger partial charge on any atom is -0.289 e. The van der Waals surface area contributed by atoms with Gasteiger partial charge in [-0.05, 0) is 46.5 Å². The number of rotatable bonds is 18. The van der Waals surface area contributed by atoms with E-state index in [1.54, 1.807) is 47.0 Å². The van der Waals surface area contributed by atoms with Gasteiger partial charge in [-0.2, -0.15) is 0 Å². The van der Waals surface area contributed by atoms with Gasteiger partial charge in [0.2, 0.25) is 0 Å². The Bertz CT molecular complexity index is 2580. The fraction of sp³-hybridized carbons (Fsp3) is 0.0741. The van der Waals surface area contributed by atoms with Crippen LogP contribution in [0.4, 0.5) is 0 Å². The zero-order valence-electron chi connectivity index (χ0n) is 33.7. The molecule has 0 fully saturated rings. The first-order chi connectivity index (χ1) is 30.5. The van der Waals surface area contributed by atoms with Gasteiger partial charge in [-0.15, -0.1) is 47.0 Å². The summed E-state index contributed by atoms with van der Waals surface area (Å²) in [6.45, 7) is 0. The number of carbonyl (C=O) groups excluding carboxylic acids is 2. The summed E-state index contributed by atoms with van der Waals surface area (Å²) < 4.78 is 15.8. The predicted octanol–water partition coefficient (Wildman–Crippen LogP) is 14.5. The number of ketones is 2. The quantitative estimate of drug-likeness (QED) is 0.0628. The molecule has 306 valence electrons. The third-order valence-corrected chi connectivity index (χ3v) is 16.8. The summed E-state index contributed by atoms with van der Waals surface area (Å²) in [5, 5.41) is 0. The first-order valence-electron chi connectivity index (χ1n) is 20.2. The summed E-state index contributed by atoms with van der Waals surface area (Å²) in [7, 11) is -1.73. The second-order valence-electron chi connectivity index (χ2n) is 14.3. The molecule has 8 rings (SSSR count). The van der Waals surface area contributed by atoms with E-state index in [-0.39, 0.29) is 11.6 Å². The number of hydrogen-bond donors (Lipinski definition) is 0. The molecule has 0 spiro atoms. The molecule has 0 unspecified atom stereocenters. The van der Waals surface area contributed by atoms with Crippen molar-refractivity contribution in [2.75, 3.05) is 0 Å². The molecule has 0 aromatic heterocycles. The third kappa shape index (κ3) is 10.8. The van der Waals surface area contributed by atoms with Gasteiger partial charge in [0, 0.05) is 64.8 Å². The van der Waals surface area contributed by atoms with E-state index in [1.807, 2.05) is 158 Å². The first kappa shape index (κ1) is 43.3. The van der Waals surface area contributed by atoms with Gasteiger partial charge in [0.1, 0.15) is 0 Å². The largest absolute Gasteiger partial charge is 0.289 e. The molecule has 0 bridgehead atoms. The van der Waals surface area contributed by atoms with E-state index in [1.165, 1.54) is 0 Å². The normalized spacial score (nSPS) is 11.1. The standard InChI is InChI=1S/C54H42O3S5/c55-49(43-27-15-5-16-28-43)45-31-33-47(53(60-37-41-23-11-3-12-24-41)51(45)58-35-39-19-7-1-8-20-39)62(57)48-34-32-46(50(56)44-29-17-6-18-30-44)52(59-36-40-21-9-2-10-22-40)54(48)61-38-42-25-13-4-14-26-42/h1-34H,35-38H2. The lowest BCUT2D eigenvalue weighted by atomic mass is 10.0. The van der Waals surface area contributed by atoms with Crippen LogP contribution in [0.3, 0.4) is 0 Å². The molecule has 0 heterocycles. The van der Waals surface area contributed by atoms with Crippen LogP contribution in [0.1, 0.15) is 54.1 Å². The molecule has 8 aromatic rings. The monoisotopic (exact) mass is 898 g/mol. The average molecular weight is 899 g/mol. The van der Waals surface area contributed by atoms with Crippen LogP contribution >= 0.6 is 47.0 Å². The van der Waals surface area contributed by atoms with Gasteiger partial charge in [-0.1, -0.05) is 182 Å². The lowest BCUT2D eigenvalue weighted by Gasteiger charge is -2.21. The van der Waals surface area contributed by atoms with Crippen LogP contribution in [0.25, 0.3) is 0 Å². The highest BCUT2D eigenvalue weighted by Crippen LogP contribution is 2.46. The van der Waals surface area contributed by atoms with Gasteiger partial charge in [-0.25, -0.2) is 4.21 Å². The molecular weight excluding hydrogens is 857 g/mol. The first-order valence-corrected chi connectivity index (χ1v) is 25.2. The van der Waals surface area contributed by atoms with Crippen molar-refractivity contribution in [3.8, 4) is 0 Å². The van der Waals surface area contributed by atoms with Crippen molar-refractivity contribution >= 4 is 69.4 Å². The Morgan fingerprint density at radius 2 is 0.581 bits per heavy atom. The summed E-state index contributed by atoms with van der Waals surface area (Å²) in [5.41, 5.74) is 6.84. The highest BCUT2D eigenvalue weighted by Gasteiger charge is 2.28. The Labute approximate surface area is 383 Å². The van der Waals surface area contributed by atoms with Crippen molar-refractivity contribution < 1.29 is 13.8 Å². The molecule has 0 atom stereocenters. The van der Waals surface area contributed by atoms with Crippen molar-refractivity contribution in [3.05, 3.63) is 251 Å². The molecule has 0 amide bonds. The van der Waals surface area contributed by atoms with Crippen LogP contribution in [0.2, 0.25) is 0 Å². The summed E-state index contributed by atoms with van der Waals surface area (Å²) in [5.74, 6) is 2.32. The fourth-order valence-corrected chi connectivity index (χ4v) is 13.7. The Kier molecular flexibility index (Phi) is 15.1. The molecule has 0 saturated carbocycles. The van der Waals surface area contributed by atoms with Crippen LogP contribution in [0.5, 0.6) is 0 Å². The van der Waals surface area contributed by atoms with Gasteiger partial charge < -0.3 is 0 Å². The topological polar surface area (TPSA) is 51.2 Å². The van der Waals surface area contributed by atoms with Crippen LogP contribution < -0.4 is 0 Å². The zero-order chi connectivity index (χ0) is 42.5. The zero-order valence-corrected chi connectivity index (χ0v) is 37.8. The number of carbonyl (C=O) groups is 2. The minimum atomic E-state index is -1.73. The van der Waals surface area contributed by atoms with Crippen molar-refractivity contribution in [2.45, 2.75) is 52.4 Å². The van der Waals surface area contributed by atoms with Crippen LogP contribution in [-0.2, 0) is 33.8 Å². The van der Waals surface area contributed by atoms with E-state index in [4.69, 9.17) is 0 Å². The highest BCUT2D eigenvalue weighted by atomic mass is 32.2. The average Bonchev–Trinajstić information content (AvgIpc) is 3.34. The second-order valence-corrected chi connectivity index (χ2v) is 19.7. The van der Waals surface area contributed by atoms with Crippen LogP contribution in [0, 0.1) is 0 Å². The molecule has 0 radical (unpaired) electrons. The Morgan fingerprint density at radius 3 is 0.871 bits per heavy atom. The smallest absolute Gasteiger partial charge is 0.194 e. The fourth-order valence-electron chi connectivity index (χ4n) is 6.83. The molecule has 0 aliphatic rings. The second kappa shape index (κ2) is 21.6. The maximum absolute atomic E-state index is 15.8. The maximum atomic E-state index is 15.8. The van der Waals surface area contributed by atoms with E-state index < -0.39 is 10.8 Å². The molecule has 0 aliphatic carbocycles. The van der Waals surface area contributed by atoms with Gasteiger partial charge in [-0.3, -0.25) is 9.59 Å². The molecular formula is C54H42O3S5. The van der Waals surface area contributed by atoms with Gasteiger partial charge in [0.05, 0.1) is 20.6 Å². The Morgan fingerprint density at radius 1 is 0.323 bits per heavy atom. The molecule has 0 N–H and O–H groups in total. The number of benzene rings is 8. The number of thioether (sulfide) groups is 4. The number of hydrogen-bond acceptors (Lipinski definition) is 7. The van der Waals surface area contributed by atoms with E-state index in [9.17, 15) is 9.59 Å². The summed E-state index contributed by atoms with van der Waals surface area (Å²) in [6, 6.07) is 67.2. The van der Waals surface area contributed by atoms with E-state index in [0.29, 0.717) is 55.1 Å². The van der Waals surface area contributed by atoms with Crippen LogP contribution in [-0.4, -0.2) is 15.8 Å². The van der Waals surface area contributed by atoms with Crippen molar-refractivity contribution in [1.29, 1.82) is 0 Å². The Hall–Kier alpha value is -5.35. The van der Waals surface area contributed by atoms with Gasteiger partial charge >= 0.3 is 0 Å².